The van der Waals surface area contributed by atoms with E-state index < -0.39 is 5.97 Å². The molecular weight excluding hydrogens is 291 g/mol. The van der Waals surface area contributed by atoms with E-state index in [-0.39, 0.29) is 11.5 Å². The summed E-state index contributed by atoms with van der Waals surface area (Å²) < 4.78 is 15.0. The van der Waals surface area contributed by atoms with Gasteiger partial charge in [0.05, 0.1) is 10.8 Å². The van der Waals surface area contributed by atoms with E-state index in [4.69, 9.17) is 5.11 Å². The first kappa shape index (κ1) is 11.8. The third-order valence-corrected chi connectivity index (χ3v) is 2.81. The molecule has 0 radical (unpaired) electrons. The number of halogens is 2. The summed E-state index contributed by atoms with van der Waals surface area (Å²) in [6.45, 7) is 0.444. The summed E-state index contributed by atoms with van der Waals surface area (Å²) in [5.41, 5.74) is 0.846. The second kappa shape index (κ2) is 4.67. The number of imidazole rings is 1. The number of nitrogens with zero attached hydrogens (tertiary/aromatic N) is 2. The molecule has 0 unspecified atom stereocenters. The Bertz CT molecular complexity index is 568. The fourth-order valence-corrected chi connectivity index (χ4v) is 1.83. The molecule has 0 fully saturated rings. The van der Waals surface area contributed by atoms with Gasteiger partial charge >= 0.3 is 5.97 Å². The number of carboxylic acid groups (broad SMARTS) is 1. The molecule has 88 valence electrons. The molecule has 0 aliphatic carbocycles. The zero-order chi connectivity index (χ0) is 12.4. The lowest BCUT2D eigenvalue weighted by Crippen LogP contribution is -1.98. The van der Waals surface area contributed by atoms with Crippen LogP contribution in [0.3, 0.4) is 0 Å². The Labute approximate surface area is 105 Å². The van der Waals surface area contributed by atoms with Crippen molar-refractivity contribution < 1.29 is 14.3 Å². The number of benzene rings is 1. The van der Waals surface area contributed by atoms with Gasteiger partial charge in [0.25, 0.3) is 0 Å². The minimum absolute atomic E-state index is 0.00817. The van der Waals surface area contributed by atoms with Crippen LogP contribution in [0.1, 0.15) is 16.1 Å². The number of aromatic carboxylic acids is 1. The summed E-state index contributed by atoms with van der Waals surface area (Å²) in [6.07, 6.45) is 2.86. The third kappa shape index (κ3) is 2.71. The number of carboxylic acids is 1. The van der Waals surface area contributed by atoms with E-state index in [2.05, 4.69) is 20.9 Å². The first-order valence-corrected chi connectivity index (χ1v) is 5.54. The van der Waals surface area contributed by atoms with Gasteiger partial charge in [-0.1, -0.05) is 6.07 Å². The highest BCUT2D eigenvalue weighted by molar-refractivity contribution is 9.10. The summed E-state index contributed by atoms with van der Waals surface area (Å²) in [6, 6.07) is 4.64. The van der Waals surface area contributed by atoms with Gasteiger partial charge in [-0.15, -0.1) is 0 Å². The highest BCUT2D eigenvalue weighted by Gasteiger charge is 2.07. The predicted octanol–water partition coefficient (Wildman–Crippen LogP) is 2.53. The number of carbonyl (C=O) groups is 1. The van der Waals surface area contributed by atoms with Crippen molar-refractivity contribution in [1.29, 1.82) is 0 Å². The van der Waals surface area contributed by atoms with Crippen molar-refractivity contribution in [2.75, 3.05) is 0 Å². The normalized spacial score (nSPS) is 10.5. The maximum absolute atomic E-state index is 13.0. The van der Waals surface area contributed by atoms with E-state index in [1.165, 1.54) is 18.6 Å². The summed E-state index contributed by atoms with van der Waals surface area (Å²) in [5, 5.41) is 8.71. The zero-order valence-electron chi connectivity index (χ0n) is 8.60. The molecule has 2 aromatic rings. The molecule has 0 spiro atoms. The van der Waals surface area contributed by atoms with E-state index in [1.54, 1.807) is 16.7 Å². The molecule has 17 heavy (non-hydrogen) atoms. The molecule has 0 bridgehead atoms. The maximum Gasteiger partial charge on any atom is 0.356 e. The van der Waals surface area contributed by atoms with Crippen LogP contribution in [0.4, 0.5) is 4.39 Å². The van der Waals surface area contributed by atoms with Crippen molar-refractivity contribution in [3.05, 3.63) is 52.3 Å². The quantitative estimate of drug-likeness (QED) is 0.947. The smallest absolute Gasteiger partial charge is 0.356 e. The van der Waals surface area contributed by atoms with Gasteiger partial charge in [0.1, 0.15) is 5.82 Å². The average molecular weight is 299 g/mol. The van der Waals surface area contributed by atoms with Crippen LogP contribution in [0.25, 0.3) is 0 Å². The minimum atomic E-state index is -1.07. The molecule has 0 saturated heterocycles. The molecule has 0 aliphatic heterocycles. The summed E-state index contributed by atoms with van der Waals surface area (Å²) in [5.74, 6) is -1.39. The Kier molecular flexibility index (Phi) is 3.23. The number of rotatable bonds is 3. The highest BCUT2D eigenvalue weighted by atomic mass is 79.9. The van der Waals surface area contributed by atoms with Gasteiger partial charge in [-0.3, -0.25) is 0 Å². The molecule has 0 atom stereocenters. The first-order valence-electron chi connectivity index (χ1n) is 4.75. The van der Waals surface area contributed by atoms with E-state index in [0.717, 1.165) is 5.56 Å². The first-order chi connectivity index (χ1) is 8.06. The molecule has 1 aromatic carbocycles. The largest absolute Gasteiger partial charge is 0.476 e. The fraction of sp³-hybridized carbons (Fsp3) is 0.0909. The van der Waals surface area contributed by atoms with Crippen molar-refractivity contribution in [3.8, 4) is 0 Å². The lowest BCUT2D eigenvalue weighted by atomic mass is 10.2. The number of hydrogen-bond acceptors (Lipinski definition) is 2. The Morgan fingerprint density at radius 3 is 2.88 bits per heavy atom. The minimum Gasteiger partial charge on any atom is -0.476 e. The lowest BCUT2D eigenvalue weighted by Gasteiger charge is -2.03. The SMILES string of the molecule is O=C(O)c1cn(Cc2ccc(F)c(Br)c2)cn1. The van der Waals surface area contributed by atoms with Gasteiger partial charge in [-0.05, 0) is 33.6 Å². The van der Waals surface area contributed by atoms with Crippen LogP contribution in [0, 0.1) is 5.82 Å². The average Bonchev–Trinajstić information content (AvgIpc) is 2.72. The Balaban J connectivity index is 2.19. The van der Waals surface area contributed by atoms with Gasteiger partial charge in [0.2, 0.25) is 0 Å². The van der Waals surface area contributed by atoms with Crippen molar-refractivity contribution >= 4 is 21.9 Å². The van der Waals surface area contributed by atoms with Crippen molar-refractivity contribution in [2.24, 2.45) is 0 Å². The predicted molar refractivity (Wildman–Crippen MR) is 62.4 cm³/mol. The van der Waals surface area contributed by atoms with Crippen LogP contribution in [-0.4, -0.2) is 20.6 Å². The van der Waals surface area contributed by atoms with Crippen molar-refractivity contribution in [2.45, 2.75) is 6.54 Å². The van der Waals surface area contributed by atoms with Crippen LogP contribution in [0.15, 0.2) is 35.2 Å². The van der Waals surface area contributed by atoms with E-state index in [0.29, 0.717) is 11.0 Å². The van der Waals surface area contributed by atoms with Crippen molar-refractivity contribution in [3.63, 3.8) is 0 Å². The number of hydrogen-bond donors (Lipinski definition) is 1. The Morgan fingerprint density at radius 1 is 1.53 bits per heavy atom. The lowest BCUT2D eigenvalue weighted by molar-refractivity contribution is 0.0691. The van der Waals surface area contributed by atoms with E-state index in [9.17, 15) is 9.18 Å². The molecule has 1 N–H and O–H groups in total. The fourth-order valence-electron chi connectivity index (χ4n) is 1.41. The Hall–Kier alpha value is -1.69. The van der Waals surface area contributed by atoms with Crippen molar-refractivity contribution in [1.82, 2.24) is 9.55 Å². The monoisotopic (exact) mass is 298 g/mol. The molecule has 1 heterocycles. The zero-order valence-corrected chi connectivity index (χ0v) is 10.2. The molecule has 0 saturated carbocycles. The standard InChI is InChI=1S/C11H8BrFN2O2/c12-8-3-7(1-2-9(8)13)4-15-5-10(11(16)17)14-6-15/h1-3,5-6H,4H2,(H,16,17). The van der Waals surface area contributed by atoms with E-state index in [1.807, 2.05) is 0 Å². The van der Waals surface area contributed by atoms with Crippen LogP contribution in [0.5, 0.6) is 0 Å². The van der Waals surface area contributed by atoms with Crippen LogP contribution in [0.2, 0.25) is 0 Å². The van der Waals surface area contributed by atoms with E-state index >= 15 is 0 Å². The highest BCUT2D eigenvalue weighted by Crippen LogP contribution is 2.17. The van der Waals surface area contributed by atoms with Gasteiger partial charge < -0.3 is 9.67 Å². The summed E-state index contributed by atoms with van der Waals surface area (Å²) >= 11 is 3.09. The molecule has 0 amide bonds. The summed E-state index contributed by atoms with van der Waals surface area (Å²) in [4.78, 5) is 14.4. The van der Waals surface area contributed by atoms with Crippen LogP contribution >= 0.6 is 15.9 Å². The molecule has 1 aromatic heterocycles. The molecule has 6 heteroatoms. The molecule has 0 aliphatic rings. The topological polar surface area (TPSA) is 55.1 Å². The third-order valence-electron chi connectivity index (χ3n) is 2.20. The molecule has 4 nitrogen and oxygen atoms in total. The second-order valence-corrected chi connectivity index (χ2v) is 4.34. The van der Waals surface area contributed by atoms with Gasteiger partial charge in [-0.2, -0.15) is 0 Å². The van der Waals surface area contributed by atoms with Gasteiger partial charge in [0.15, 0.2) is 5.69 Å². The van der Waals surface area contributed by atoms with Crippen LogP contribution in [-0.2, 0) is 6.54 Å². The van der Waals surface area contributed by atoms with Crippen LogP contribution < -0.4 is 0 Å². The summed E-state index contributed by atoms with van der Waals surface area (Å²) in [7, 11) is 0. The van der Waals surface area contributed by atoms with Gasteiger partial charge in [0, 0.05) is 12.7 Å². The van der Waals surface area contributed by atoms with Gasteiger partial charge in [-0.25, -0.2) is 14.2 Å². The Morgan fingerprint density at radius 2 is 2.29 bits per heavy atom. The maximum atomic E-state index is 13.0. The molecule has 2 rings (SSSR count). The second-order valence-electron chi connectivity index (χ2n) is 3.48. The number of aromatic nitrogens is 2. The molecular formula is C11H8BrFN2O2.